The lowest BCUT2D eigenvalue weighted by Crippen LogP contribution is -2.36. The summed E-state index contributed by atoms with van der Waals surface area (Å²) in [5.41, 5.74) is 3.42. The highest BCUT2D eigenvalue weighted by Crippen LogP contribution is 2.13. The molecule has 7 nitrogen and oxygen atoms in total. The van der Waals surface area contributed by atoms with Gasteiger partial charge in [0.05, 0.1) is 28.9 Å². The first-order valence-corrected chi connectivity index (χ1v) is 11.0. The van der Waals surface area contributed by atoms with E-state index in [1.54, 1.807) is 12.4 Å². The van der Waals surface area contributed by atoms with E-state index >= 15 is 0 Å². The Morgan fingerprint density at radius 3 is 2.69 bits per heavy atom. The Hall–Kier alpha value is -3.50. The van der Waals surface area contributed by atoms with Crippen molar-refractivity contribution in [3.63, 3.8) is 0 Å². The van der Waals surface area contributed by atoms with Crippen molar-refractivity contribution in [3.05, 3.63) is 75.8 Å². The van der Waals surface area contributed by atoms with E-state index in [0.29, 0.717) is 24.0 Å². The van der Waals surface area contributed by atoms with Crippen molar-refractivity contribution in [2.45, 2.75) is 32.9 Å². The van der Waals surface area contributed by atoms with E-state index in [2.05, 4.69) is 16.0 Å². The maximum Gasteiger partial charge on any atom is 0.261 e. The lowest BCUT2D eigenvalue weighted by Gasteiger charge is -2.22. The molecule has 0 aliphatic carbocycles. The minimum absolute atomic E-state index is 0.0708. The molecule has 32 heavy (non-hydrogen) atoms. The van der Waals surface area contributed by atoms with Gasteiger partial charge in [0, 0.05) is 45.7 Å². The quantitative estimate of drug-likeness (QED) is 0.623. The van der Waals surface area contributed by atoms with E-state index in [4.69, 9.17) is 5.26 Å². The molecular formula is C25H27N5O2. The average molecular weight is 430 g/mol. The largest absolute Gasteiger partial charge is 0.341 e. The molecule has 1 aliphatic heterocycles. The van der Waals surface area contributed by atoms with Gasteiger partial charge in [-0.1, -0.05) is 24.3 Å². The molecule has 2 aromatic carbocycles. The zero-order valence-electron chi connectivity index (χ0n) is 18.3. The number of carbonyl (C=O) groups excluding carboxylic acids is 1. The van der Waals surface area contributed by atoms with Crippen LogP contribution in [0.3, 0.4) is 0 Å². The zero-order chi connectivity index (χ0) is 22.5. The van der Waals surface area contributed by atoms with Gasteiger partial charge < -0.3 is 4.90 Å². The van der Waals surface area contributed by atoms with Gasteiger partial charge in [-0.15, -0.1) is 0 Å². The molecule has 0 bridgehead atoms. The van der Waals surface area contributed by atoms with Crippen LogP contribution in [0.2, 0.25) is 0 Å². The van der Waals surface area contributed by atoms with Crippen molar-refractivity contribution in [2.24, 2.45) is 0 Å². The van der Waals surface area contributed by atoms with E-state index in [1.807, 2.05) is 48.2 Å². The van der Waals surface area contributed by atoms with Crippen molar-refractivity contribution in [3.8, 4) is 6.07 Å². The van der Waals surface area contributed by atoms with Crippen molar-refractivity contribution in [2.75, 3.05) is 26.2 Å². The number of nitrogens with zero attached hydrogens (tertiary/aromatic N) is 5. The predicted molar refractivity (Wildman–Crippen MR) is 123 cm³/mol. The van der Waals surface area contributed by atoms with Gasteiger partial charge in [0.2, 0.25) is 5.91 Å². The summed E-state index contributed by atoms with van der Waals surface area (Å²) < 4.78 is 1.54. The van der Waals surface area contributed by atoms with Gasteiger partial charge in [0.1, 0.15) is 0 Å². The third-order valence-corrected chi connectivity index (χ3v) is 6.05. The number of carbonyl (C=O) groups is 1. The van der Waals surface area contributed by atoms with Gasteiger partial charge in [-0.3, -0.25) is 19.1 Å². The number of fused-ring (bicyclic) bond motifs is 1. The zero-order valence-corrected chi connectivity index (χ0v) is 18.3. The maximum atomic E-state index is 12.8. The van der Waals surface area contributed by atoms with Gasteiger partial charge in [-0.25, -0.2) is 4.98 Å². The summed E-state index contributed by atoms with van der Waals surface area (Å²) in [6.45, 7) is 6.23. The first-order chi connectivity index (χ1) is 15.5. The molecule has 1 fully saturated rings. The highest BCUT2D eigenvalue weighted by atomic mass is 16.2. The number of para-hydroxylation sites is 1. The molecule has 1 saturated heterocycles. The summed E-state index contributed by atoms with van der Waals surface area (Å²) in [5, 5.41) is 9.53. The average Bonchev–Trinajstić information content (AvgIpc) is 3.05. The third-order valence-electron chi connectivity index (χ3n) is 6.05. The van der Waals surface area contributed by atoms with E-state index in [1.165, 1.54) is 10.1 Å². The van der Waals surface area contributed by atoms with Crippen LogP contribution in [0.5, 0.6) is 0 Å². The van der Waals surface area contributed by atoms with Crippen LogP contribution in [0.1, 0.15) is 29.5 Å². The second-order valence-corrected chi connectivity index (χ2v) is 8.28. The van der Waals surface area contributed by atoms with E-state index in [9.17, 15) is 9.59 Å². The number of aromatic nitrogens is 2. The molecule has 3 aromatic rings. The summed E-state index contributed by atoms with van der Waals surface area (Å²) in [7, 11) is 0. The first-order valence-electron chi connectivity index (χ1n) is 11.0. The fraction of sp³-hybridized carbons (Fsp3) is 0.360. The molecule has 1 amide bonds. The van der Waals surface area contributed by atoms with Crippen molar-refractivity contribution in [1.29, 1.82) is 5.26 Å². The number of aryl methyl sites for hydroxylation is 2. The molecule has 164 valence electrons. The number of hydrogen-bond donors (Lipinski definition) is 0. The van der Waals surface area contributed by atoms with E-state index in [0.717, 1.165) is 43.7 Å². The number of benzene rings is 2. The summed E-state index contributed by atoms with van der Waals surface area (Å²) in [6, 6.07) is 15.4. The lowest BCUT2D eigenvalue weighted by atomic mass is 10.1. The summed E-state index contributed by atoms with van der Waals surface area (Å²) >= 11 is 0. The second kappa shape index (κ2) is 9.75. The SMILES string of the molecule is Cc1cccc2c(=O)n(CCC(=O)N3CCCN(Cc4ccc(C#N)cc4)CC3)cnc12. The van der Waals surface area contributed by atoms with Crippen LogP contribution in [-0.4, -0.2) is 51.4 Å². The van der Waals surface area contributed by atoms with Crippen LogP contribution in [-0.2, 0) is 17.9 Å². The Balaban J connectivity index is 1.33. The minimum Gasteiger partial charge on any atom is -0.341 e. The molecule has 0 saturated carbocycles. The van der Waals surface area contributed by atoms with Crippen LogP contribution in [0, 0.1) is 18.3 Å². The summed E-state index contributed by atoms with van der Waals surface area (Å²) in [5.74, 6) is 0.0708. The number of nitriles is 1. The normalized spacial score (nSPS) is 14.8. The molecule has 1 aliphatic rings. The molecule has 0 atom stereocenters. The highest BCUT2D eigenvalue weighted by Gasteiger charge is 2.19. The topological polar surface area (TPSA) is 82.2 Å². The molecule has 4 rings (SSSR count). The van der Waals surface area contributed by atoms with Crippen LogP contribution in [0.4, 0.5) is 0 Å². The van der Waals surface area contributed by atoms with Crippen LogP contribution in [0.15, 0.2) is 53.6 Å². The standard InChI is InChI=1S/C25H27N5O2/c1-19-4-2-5-22-24(19)27-18-30(25(22)32)13-10-23(31)29-12-3-11-28(14-15-29)17-21-8-6-20(16-26)7-9-21/h2,4-9,18H,3,10-15,17H2,1H3. The fourth-order valence-electron chi connectivity index (χ4n) is 4.19. The first kappa shape index (κ1) is 21.7. The van der Waals surface area contributed by atoms with E-state index in [-0.39, 0.29) is 17.9 Å². The Morgan fingerprint density at radius 2 is 1.91 bits per heavy atom. The van der Waals surface area contributed by atoms with Crippen molar-refractivity contribution >= 4 is 16.8 Å². The van der Waals surface area contributed by atoms with Gasteiger partial charge >= 0.3 is 0 Å². The second-order valence-electron chi connectivity index (χ2n) is 8.28. The summed E-state index contributed by atoms with van der Waals surface area (Å²) in [6.07, 6.45) is 2.75. The van der Waals surface area contributed by atoms with Crippen molar-refractivity contribution in [1.82, 2.24) is 19.4 Å². The highest BCUT2D eigenvalue weighted by molar-refractivity contribution is 5.80. The molecule has 0 unspecified atom stereocenters. The lowest BCUT2D eigenvalue weighted by molar-refractivity contribution is -0.131. The number of rotatable bonds is 5. The smallest absolute Gasteiger partial charge is 0.261 e. The number of amides is 1. The molecule has 0 N–H and O–H groups in total. The monoisotopic (exact) mass is 429 g/mol. The Bertz CT molecular complexity index is 1210. The Labute approximate surface area is 187 Å². The van der Waals surface area contributed by atoms with Gasteiger partial charge in [-0.2, -0.15) is 5.26 Å². The van der Waals surface area contributed by atoms with Crippen molar-refractivity contribution < 1.29 is 4.79 Å². The molecule has 0 spiro atoms. The molecule has 2 heterocycles. The van der Waals surface area contributed by atoms with Crippen LogP contribution >= 0.6 is 0 Å². The molecule has 1 aromatic heterocycles. The third kappa shape index (κ3) is 4.87. The number of hydrogen-bond acceptors (Lipinski definition) is 5. The van der Waals surface area contributed by atoms with Crippen LogP contribution in [0.25, 0.3) is 10.9 Å². The van der Waals surface area contributed by atoms with Gasteiger partial charge in [0.25, 0.3) is 5.56 Å². The predicted octanol–water partition coefficient (Wildman–Crippen LogP) is 2.70. The minimum atomic E-state index is -0.101. The Morgan fingerprint density at radius 1 is 1.09 bits per heavy atom. The van der Waals surface area contributed by atoms with Gasteiger partial charge in [-0.05, 0) is 42.7 Å². The van der Waals surface area contributed by atoms with Crippen LogP contribution < -0.4 is 5.56 Å². The fourth-order valence-corrected chi connectivity index (χ4v) is 4.19. The van der Waals surface area contributed by atoms with Gasteiger partial charge in [0.15, 0.2) is 0 Å². The molecular weight excluding hydrogens is 402 g/mol. The summed E-state index contributed by atoms with van der Waals surface area (Å²) in [4.78, 5) is 34.3. The Kier molecular flexibility index (Phi) is 6.62. The molecule has 7 heteroatoms. The maximum absolute atomic E-state index is 12.8. The van der Waals surface area contributed by atoms with E-state index < -0.39 is 0 Å². The molecule has 0 radical (unpaired) electrons.